The van der Waals surface area contributed by atoms with E-state index < -0.39 is 0 Å². The molecule has 0 aromatic heterocycles. The molecule has 3 N–H and O–H groups in total. The first kappa shape index (κ1) is 13.2. The lowest BCUT2D eigenvalue weighted by molar-refractivity contribution is -0.118. The van der Waals surface area contributed by atoms with E-state index >= 15 is 0 Å². The van der Waals surface area contributed by atoms with Crippen LogP contribution in [0.15, 0.2) is 48.5 Å². The van der Waals surface area contributed by atoms with Gasteiger partial charge in [0.25, 0.3) is 5.91 Å². The molecule has 0 atom stereocenters. The van der Waals surface area contributed by atoms with Gasteiger partial charge in [-0.15, -0.1) is 0 Å². The topological polar surface area (TPSA) is 64.3 Å². The molecule has 19 heavy (non-hydrogen) atoms. The summed E-state index contributed by atoms with van der Waals surface area (Å²) in [4.78, 5) is 11.7. The van der Waals surface area contributed by atoms with Gasteiger partial charge in [-0.3, -0.25) is 4.79 Å². The third kappa shape index (κ3) is 3.63. The van der Waals surface area contributed by atoms with E-state index in [4.69, 9.17) is 22.1 Å². The zero-order valence-corrected chi connectivity index (χ0v) is 10.9. The molecule has 5 heteroatoms. The first-order chi connectivity index (χ1) is 9.16. The summed E-state index contributed by atoms with van der Waals surface area (Å²) in [5.41, 5.74) is 6.56. The van der Waals surface area contributed by atoms with Gasteiger partial charge in [0.05, 0.1) is 16.4 Å². The SMILES string of the molecule is Nc1cccc(Cl)c1NC(=O)COc1ccccc1. The van der Waals surface area contributed by atoms with Crippen LogP contribution in [-0.2, 0) is 4.79 Å². The normalized spacial score (nSPS) is 9.95. The first-order valence-corrected chi connectivity index (χ1v) is 6.06. The monoisotopic (exact) mass is 276 g/mol. The predicted octanol–water partition coefficient (Wildman–Crippen LogP) is 2.94. The van der Waals surface area contributed by atoms with Gasteiger partial charge in [0.2, 0.25) is 0 Å². The fraction of sp³-hybridized carbons (Fsp3) is 0.0714. The van der Waals surface area contributed by atoms with Crippen molar-refractivity contribution in [2.24, 2.45) is 0 Å². The molecule has 4 nitrogen and oxygen atoms in total. The van der Waals surface area contributed by atoms with E-state index in [1.54, 1.807) is 30.3 Å². The molecule has 0 saturated carbocycles. The quantitative estimate of drug-likeness (QED) is 0.844. The summed E-state index contributed by atoms with van der Waals surface area (Å²) >= 11 is 5.96. The predicted molar refractivity (Wildman–Crippen MR) is 76.4 cm³/mol. The van der Waals surface area contributed by atoms with Crippen molar-refractivity contribution in [3.8, 4) is 5.75 Å². The average molecular weight is 277 g/mol. The third-order valence-electron chi connectivity index (χ3n) is 2.42. The Morgan fingerprint density at radius 1 is 1.16 bits per heavy atom. The number of ether oxygens (including phenoxy) is 1. The Morgan fingerprint density at radius 3 is 2.58 bits per heavy atom. The number of hydrogen-bond acceptors (Lipinski definition) is 3. The second-order valence-corrected chi connectivity index (χ2v) is 4.26. The molecule has 0 spiro atoms. The van der Waals surface area contributed by atoms with Crippen molar-refractivity contribution in [2.45, 2.75) is 0 Å². The molecule has 0 heterocycles. The lowest BCUT2D eigenvalue weighted by atomic mass is 10.2. The summed E-state index contributed by atoms with van der Waals surface area (Å²) in [5.74, 6) is 0.313. The Kier molecular flexibility index (Phi) is 4.26. The largest absolute Gasteiger partial charge is 0.484 e. The molecule has 0 radical (unpaired) electrons. The molecule has 2 aromatic carbocycles. The van der Waals surface area contributed by atoms with E-state index in [1.807, 2.05) is 18.2 Å². The van der Waals surface area contributed by atoms with Crippen molar-refractivity contribution in [1.29, 1.82) is 0 Å². The number of halogens is 1. The van der Waals surface area contributed by atoms with Crippen molar-refractivity contribution in [3.05, 3.63) is 53.6 Å². The molecule has 0 fully saturated rings. The summed E-state index contributed by atoms with van der Waals surface area (Å²) in [5, 5.41) is 3.02. The Hall–Kier alpha value is -2.20. The highest BCUT2D eigenvalue weighted by Gasteiger charge is 2.09. The summed E-state index contributed by atoms with van der Waals surface area (Å²) in [6.45, 7) is -0.103. The van der Waals surface area contributed by atoms with Gasteiger partial charge in [-0.05, 0) is 24.3 Å². The summed E-state index contributed by atoms with van der Waals surface area (Å²) in [7, 11) is 0. The molecule has 2 aromatic rings. The van der Waals surface area contributed by atoms with Gasteiger partial charge in [0.1, 0.15) is 5.75 Å². The Labute approximate surface area is 116 Å². The maximum Gasteiger partial charge on any atom is 0.262 e. The number of nitrogens with two attached hydrogens (primary N) is 1. The second-order valence-electron chi connectivity index (χ2n) is 3.85. The van der Waals surface area contributed by atoms with Gasteiger partial charge in [-0.1, -0.05) is 35.9 Å². The van der Waals surface area contributed by atoms with E-state index in [0.717, 1.165) is 0 Å². The van der Waals surface area contributed by atoms with E-state index in [1.165, 1.54) is 0 Å². The van der Waals surface area contributed by atoms with Gasteiger partial charge in [-0.25, -0.2) is 0 Å². The number of carbonyl (C=O) groups is 1. The van der Waals surface area contributed by atoms with Crippen molar-refractivity contribution in [3.63, 3.8) is 0 Å². The average Bonchev–Trinajstić information content (AvgIpc) is 2.42. The van der Waals surface area contributed by atoms with Gasteiger partial charge < -0.3 is 15.8 Å². The van der Waals surface area contributed by atoms with Crippen LogP contribution in [-0.4, -0.2) is 12.5 Å². The number of nitrogen functional groups attached to an aromatic ring is 1. The smallest absolute Gasteiger partial charge is 0.262 e. The molecule has 0 aliphatic rings. The van der Waals surface area contributed by atoms with Crippen LogP contribution < -0.4 is 15.8 Å². The van der Waals surface area contributed by atoms with E-state index in [2.05, 4.69) is 5.32 Å². The van der Waals surface area contributed by atoms with Crippen molar-refractivity contribution < 1.29 is 9.53 Å². The molecule has 1 amide bonds. The maximum atomic E-state index is 11.7. The zero-order chi connectivity index (χ0) is 13.7. The number of nitrogens with one attached hydrogen (secondary N) is 1. The van der Waals surface area contributed by atoms with Crippen LogP contribution in [0.1, 0.15) is 0 Å². The highest BCUT2D eigenvalue weighted by molar-refractivity contribution is 6.34. The van der Waals surface area contributed by atoms with Crippen molar-refractivity contribution in [1.82, 2.24) is 0 Å². The minimum atomic E-state index is -0.316. The second kappa shape index (κ2) is 6.11. The number of carbonyl (C=O) groups excluding carboxylic acids is 1. The minimum absolute atomic E-state index is 0.103. The molecule has 98 valence electrons. The third-order valence-corrected chi connectivity index (χ3v) is 2.74. The summed E-state index contributed by atoms with van der Waals surface area (Å²) in [6.07, 6.45) is 0. The molecular formula is C14H13ClN2O2. The number of anilines is 2. The van der Waals surface area contributed by atoms with Crippen LogP contribution in [0.2, 0.25) is 5.02 Å². The van der Waals surface area contributed by atoms with E-state index in [9.17, 15) is 4.79 Å². The Balaban J connectivity index is 1.95. The fourth-order valence-corrected chi connectivity index (χ4v) is 1.74. The minimum Gasteiger partial charge on any atom is -0.484 e. The molecular weight excluding hydrogens is 264 g/mol. The maximum absolute atomic E-state index is 11.7. The number of rotatable bonds is 4. The van der Waals surface area contributed by atoms with Gasteiger partial charge in [0.15, 0.2) is 6.61 Å². The number of benzene rings is 2. The molecule has 2 rings (SSSR count). The first-order valence-electron chi connectivity index (χ1n) is 5.68. The highest BCUT2D eigenvalue weighted by Crippen LogP contribution is 2.27. The van der Waals surface area contributed by atoms with Crippen LogP contribution in [0, 0.1) is 0 Å². The lowest BCUT2D eigenvalue weighted by Gasteiger charge is -2.10. The highest BCUT2D eigenvalue weighted by atomic mass is 35.5. The van der Waals surface area contributed by atoms with Crippen molar-refractivity contribution in [2.75, 3.05) is 17.7 Å². The molecule has 0 aliphatic heterocycles. The molecule has 0 saturated heterocycles. The Bertz CT molecular complexity index is 553. The van der Waals surface area contributed by atoms with Crippen LogP contribution in [0.5, 0.6) is 5.75 Å². The fourth-order valence-electron chi connectivity index (χ4n) is 1.51. The number of hydrogen-bond donors (Lipinski definition) is 2. The van der Waals surface area contributed by atoms with Crippen LogP contribution >= 0.6 is 11.6 Å². The number of amides is 1. The lowest BCUT2D eigenvalue weighted by Crippen LogP contribution is -2.21. The van der Waals surface area contributed by atoms with Gasteiger partial charge in [-0.2, -0.15) is 0 Å². The molecule has 0 aliphatic carbocycles. The Morgan fingerprint density at radius 2 is 1.89 bits per heavy atom. The molecule has 0 unspecified atom stereocenters. The van der Waals surface area contributed by atoms with Crippen LogP contribution in [0.25, 0.3) is 0 Å². The molecule has 0 bridgehead atoms. The zero-order valence-electron chi connectivity index (χ0n) is 10.1. The summed E-state index contributed by atoms with van der Waals surface area (Å²) in [6, 6.07) is 14.1. The van der Waals surface area contributed by atoms with Gasteiger partial charge >= 0.3 is 0 Å². The van der Waals surface area contributed by atoms with Gasteiger partial charge in [0, 0.05) is 0 Å². The standard InChI is InChI=1S/C14H13ClN2O2/c15-11-7-4-8-12(16)14(11)17-13(18)9-19-10-5-2-1-3-6-10/h1-8H,9,16H2,(H,17,18). The van der Waals surface area contributed by atoms with E-state index in [-0.39, 0.29) is 12.5 Å². The van der Waals surface area contributed by atoms with Crippen LogP contribution in [0.4, 0.5) is 11.4 Å². The van der Waals surface area contributed by atoms with Crippen molar-refractivity contribution >= 4 is 28.9 Å². The number of para-hydroxylation sites is 2. The van der Waals surface area contributed by atoms with E-state index in [0.29, 0.717) is 22.1 Å². The summed E-state index contributed by atoms with van der Waals surface area (Å²) < 4.78 is 5.32. The van der Waals surface area contributed by atoms with Crippen LogP contribution in [0.3, 0.4) is 0 Å².